The van der Waals surface area contributed by atoms with E-state index in [-0.39, 0.29) is 19.9 Å². The minimum atomic E-state index is -0.0654. The van der Waals surface area contributed by atoms with Gasteiger partial charge in [0, 0.05) is 12.0 Å². The van der Waals surface area contributed by atoms with E-state index in [4.69, 9.17) is 29.3 Å². The monoisotopic (exact) mass is 535 g/mol. The number of aliphatic hydroxyl groups excluding tert-OH is 1. The molecule has 0 saturated carbocycles. The Morgan fingerprint density at radius 1 is 0.850 bits per heavy atom. The first-order valence-corrected chi connectivity index (χ1v) is 13.0. The molecule has 0 unspecified atom stereocenters. The summed E-state index contributed by atoms with van der Waals surface area (Å²) in [6.07, 6.45) is 2.28. The van der Waals surface area contributed by atoms with Crippen molar-refractivity contribution in [2.45, 2.75) is 19.8 Å². The average molecular weight is 536 g/mol. The fourth-order valence-electron chi connectivity index (χ4n) is 4.69. The molecule has 0 spiro atoms. The van der Waals surface area contributed by atoms with Crippen LogP contribution in [0.5, 0.6) is 11.6 Å². The third-order valence-corrected chi connectivity index (χ3v) is 6.64. The predicted molar refractivity (Wildman–Crippen MR) is 151 cm³/mol. The van der Waals surface area contributed by atoms with E-state index in [9.17, 15) is 0 Å². The number of methoxy groups -OCH3 is 1. The van der Waals surface area contributed by atoms with Gasteiger partial charge in [0.1, 0.15) is 19.1 Å². The Hall–Kier alpha value is -4.73. The number of aliphatic hydroxyl groups is 1. The van der Waals surface area contributed by atoms with E-state index < -0.39 is 0 Å². The molecule has 0 aliphatic carbocycles. The lowest BCUT2D eigenvalue weighted by atomic mass is 10.0. The molecule has 9 nitrogen and oxygen atoms in total. The largest absolute Gasteiger partial charge is 0.497 e. The standard InChI is InChI=1S/C31H29N5O4/c1-38-25-14-12-24(13-15-25)27-26(18-22-8-4-2-5-9-22)36-30(40-19-23-10-6-3-7-11-23)28-29(34-31(36)33-27)35(20-32-28)21-39-17-16-37/h2-15,20,37H,16-19,21H2,1H3. The van der Waals surface area contributed by atoms with Crippen molar-refractivity contribution >= 4 is 16.9 Å². The van der Waals surface area contributed by atoms with Crippen LogP contribution in [0.1, 0.15) is 16.8 Å². The van der Waals surface area contributed by atoms with Gasteiger partial charge in [-0.2, -0.15) is 4.98 Å². The minimum Gasteiger partial charge on any atom is -0.497 e. The molecule has 40 heavy (non-hydrogen) atoms. The van der Waals surface area contributed by atoms with Gasteiger partial charge in [0.25, 0.3) is 0 Å². The molecule has 0 bridgehead atoms. The Bertz CT molecular complexity index is 1710. The number of imidazole rings is 2. The molecular formula is C31H29N5O4. The SMILES string of the molecule is COc1ccc(-c2nc3nc4c(ncn4COCCO)c(OCc4ccccc4)n3c2Cc2ccccc2)cc1. The number of benzene rings is 3. The van der Waals surface area contributed by atoms with Crippen molar-refractivity contribution in [3.05, 3.63) is 108 Å². The normalized spacial score (nSPS) is 11.3. The second-order valence-electron chi connectivity index (χ2n) is 9.27. The summed E-state index contributed by atoms with van der Waals surface area (Å²) in [7, 11) is 1.65. The smallest absolute Gasteiger partial charge is 0.239 e. The molecular weight excluding hydrogens is 506 g/mol. The first-order chi connectivity index (χ1) is 19.7. The third kappa shape index (κ3) is 5.12. The highest BCUT2D eigenvalue weighted by Crippen LogP contribution is 2.34. The van der Waals surface area contributed by atoms with Crippen LogP contribution in [0.4, 0.5) is 0 Å². The van der Waals surface area contributed by atoms with Crippen molar-refractivity contribution in [2.24, 2.45) is 0 Å². The first-order valence-electron chi connectivity index (χ1n) is 13.0. The molecule has 0 fully saturated rings. The van der Waals surface area contributed by atoms with Gasteiger partial charge in [-0.15, -0.1) is 0 Å². The van der Waals surface area contributed by atoms with E-state index in [0.717, 1.165) is 33.8 Å². The molecule has 1 N–H and O–H groups in total. The maximum absolute atomic E-state index is 9.16. The van der Waals surface area contributed by atoms with Crippen LogP contribution in [0.25, 0.3) is 28.2 Å². The summed E-state index contributed by atoms with van der Waals surface area (Å²) in [6, 6.07) is 28.1. The van der Waals surface area contributed by atoms with Crippen LogP contribution in [-0.4, -0.2) is 49.3 Å². The Kier molecular flexibility index (Phi) is 7.39. The third-order valence-electron chi connectivity index (χ3n) is 6.64. The fourth-order valence-corrected chi connectivity index (χ4v) is 4.69. The van der Waals surface area contributed by atoms with Gasteiger partial charge in [-0.05, 0) is 35.4 Å². The summed E-state index contributed by atoms with van der Waals surface area (Å²) < 4.78 is 21.2. The maximum atomic E-state index is 9.16. The quantitative estimate of drug-likeness (QED) is 0.236. The molecule has 0 atom stereocenters. The van der Waals surface area contributed by atoms with Crippen molar-refractivity contribution in [3.8, 4) is 22.9 Å². The molecule has 0 amide bonds. The predicted octanol–water partition coefficient (Wildman–Crippen LogP) is 4.89. The first kappa shape index (κ1) is 25.5. The summed E-state index contributed by atoms with van der Waals surface area (Å²) in [5.74, 6) is 1.83. The molecule has 3 aromatic heterocycles. The number of rotatable bonds is 11. The summed E-state index contributed by atoms with van der Waals surface area (Å²) in [5, 5.41) is 9.16. The van der Waals surface area contributed by atoms with Crippen LogP contribution >= 0.6 is 0 Å². The number of aromatic nitrogens is 5. The van der Waals surface area contributed by atoms with Gasteiger partial charge < -0.3 is 19.3 Å². The fraction of sp³-hybridized carbons (Fsp3) is 0.194. The van der Waals surface area contributed by atoms with E-state index in [2.05, 4.69) is 17.1 Å². The number of nitrogens with zero attached hydrogens (tertiary/aromatic N) is 5. The number of hydrogen-bond acceptors (Lipinski definition) is 7. The molecule has 6 rings (SSSR count). The zero-order valence-corrected chi connectivity index (χ0v) is 22.1. The second kappa shape index (κ2) is 11.6. The Labute approximate surface area is 231 Å². The lowest BCUT2D eigenvalue weighted by Gasteiger charge is -2.13. The molecule has 0 aliphatic rings. The molecule has 3 aromatic carbocycles. The van der Waals surface area contributed by atoms with Crippen LogP contribution < -0.4 is 9.47 Å². The Morgan fingerprint density at radius 2 is 1.57 bits per heavy atom. The summed E-state index contributed by atoms with van der Waals surface area (Å²) in [5.41, 5.74) is 6.05. The van der Waals surface area contributed by atoms with Gasteiger partial charge in [-0.3, -0.25) is 4.57 Å². The number of ether oxygens (including phenoxy) is 3. The van der Waals surface area contributed by atoms with E-state index in [1.807, 2.05) is 77.2 Å². The van der Waals surface area contributed by atoms with E-state index in [0.29, 0.717) is 35.8 Å². The van der Waals surface area contributed by atoms with Crippen LogP contribution in [0.2, 0.25) is 0 Å². The van der Waals surface area contributed by atoms with E-state index in [1.54, 1.807) is 18.0 Å². The summed E-state index contributed by atoms with van der Waals surface area (Å²) in [4.78, 5) is 14.6. The van der Waals surface area contributed by atoms with Crippen LogP contribution in [0.3, 0.4) is 0 Å². The number of fused-ring (bicyclic) bond motifs is 2. The molecule has 0 radical (unpaired) electrons. The molecule has 0 aliphatic heterocycles. The van der Waals surface area contributed by atoms with Gasteiger partial charge in [0.15, 0.2) is 11.2 Å². The van der Waals surface area contributed by atoms with Gasteiger partial charge in [-0.25, -0.2) is 14.4 Å². The van der Waals surface area contributed by atoms with Gasteiger partial charge in [0.2, 0.25) is 11.7 Å². The zero-order chi connectivity index (χ0) is 27.3. The Morgan fingerprint density at radius 3 is 2.27 bits per heavy atom. The van der Waals surface area contributed by atoms with Crippen molar-refractivity contribution in [2.75, 3.05) is 20.3 Å². The van der Waals surface area contributed by atoms with Crippen molar-refractivity contribution < 1.29 is 19.3 Å². The molecule has 6 aromatic rings. The molecule has 0 saturated heterocycles. The van der Waals surface area contributed by atoms with Crippen molar-refractivity contribution in [1.82, 2.24) is 23.9 Å². The van der Waals surface area contributed by atoms with E-state index >= 15 is 0 Å². The van der Waals surface area contributed by atoms with Crippen LogP contribution in [-0.2, 0) is 24.5 Å². The molecule has 202 valence electrons. The highest BCUT2D eigenvalue weighted by molar-refractivity contribution is 5.81. The zero-order valence-electron chi connectivity index (χ0n) is 22.1. The lowest BCUT2D eigenvalue weighted by Crippen LogP contribution is -2.08. The highest BCUT2D eigenvalue weighted by Gasteiger charge is 2.23. The maximum Gasteiger partial charge on any atom is 0.239 e. The van der Waals surface area contributed by atoms with Crippen LogP contribution in [0.15, 0.2) is 91.3 Å². The van der Waals surface area contributed by atoms with Crippen molar-refractivity contribution in [1.29, 1.82) is 0 Å². The van der Waals surface area contributed by atoms with Gasteiger partial charge in [-0.1, -0.05) is 60.7 Å². The van der Waals surface area contributed by atoms with Crippen molar-refractivity contribution in [3.63, 3.8) is 0 Å². The number of hydrogen-bond donors (Lipinski definition) is 1. The van der Waals surface area contributed by atoms with E-state index in [1.165, 1.54) is 0 Å². The summed E-state index contributed by atoms with van der Waals surface area (Å²) >= 11 is 0. The highest BCUT2D eigenvalue weighted by atomic mass is 16.5. The Balaban J connectivity index is 1.56. The lowest BCUT2D eigenvalue weighted by molar-refractivity contribution is 0.0499. The molecule has 9 heteroatoms. The topological polar surface area (TPSA) is 95.9 Å². The summed E-state index contributed by atoms with van der Waals surface area (Å²) in [6.45, 7) is 0.695. The van der Waals surface area contributed by atoms with Crippen LogP contribution in [0, 0.1) is 0 Å². The molecule has 3 heterocycles. The van der Waals surface area contributed by atoms with Gasteiger partial charge in [0.05, 0.1) is 38.0 Å². The van der Waals surface area contributed by atoms with Gasteiger partial charge >= 0.3 is 0 Å². The minimum absolute atomic E-state index is 0.0654. The average Bonchev–Trinajstić information content (AvgIpc) is 3.58. The second-order valence-corrected chi connectivity index (χ2v) is 9.27.